The van der Waals surface area contributed by atoms with Crippen molar-refractivity contribution >= 4 is 10.0 Å². The van der Waals surface area contributed by atoms with Crippen LogP contribution in [0.2, 0.25) is 0 Å². The van der Waals surface area contributed by atoms with Crippen LogP contribution in [0.5, 0.6) is 0 Å². The van der Waals surface area contributed by atoms with Gasteiger partial charge in [-0.2, -0.15) is 0 Å². The molecule has 1 heterocycles. The minimum atomic E-state index is -3.15. The fourth-order valence-electron chi connectivity index (χ4n) is 2.97. The molecule has 21 heavy (non-hydrogen) atoms. The summed E-state index contributed by atoms with van der Waals surface area (Å²) in [6.45, 7) is 1.08. The highest BCUT2D eigenvalue weighted by atomic mass is 32.2. The molecule has 0 saturated carbocycles. The standard InChI is InChI=1S/C15H22FNO3S/c1-21(19,20)17-8-2-3-12(10-17)9-14(11-18)13-4-6-15(16)7-5-13/h4-7,12,14,18H,2-3,8-11H2,1H3. The Hall–Kier alpha value is -0.980. The van der Waals surface area contributed by atoms with E-state index in [-0.39, 0.29) is 24.3 Å². The molecule has 1 aliphatic rings. The van der Waals surface area contributed by atoms with E-state index in [1.54, 1.807) is 12.1 Å². The number of piperidine rings is 1. The third kappa shape index (κ3) is 4.49. The molecule has 1 N–H and O–H groups in total. The number of halogens is 1. The topological polar surface area (TPSA) is 57.6 Å². The van der Waals surface area contributed by atoms with Crippen molar-refractivity contribution in [3.05, 3.63) is 35.6 Å². The quantitative estimate of drug-likeness (QED) is 0.904. The first kappa shape index (κ1) is 16.4. The molecule has 1 saturated heterocycles. The van der Waals surface area contributed by atoms with Gasteiger partial charge in [-0.3, -0.25) is 0 Å². The predicted molar refractivity (Wildman–Crippen MR) is 80.0 cm³/mol. The van der Waals surface area contributed by atoms with E-state index in [1.807, 2.05) is 0 Å². The van der Waals surface area contributed by atoms with Crippen LogP contribution in [0.4, 0.5) is 4.39 Å². The smallest absolute Gasteiger partial charge is 0.211 e. The van der Waals surface area contributed by atoms with Gasteiger partial charge in [0, 0.05) is 25.6 Å². The van der Waals surface area contributed by atoms with Crippen LogP contribution in [0, 0.1) is 11.7 Å². The SMILES string of the molecule is CS(=O)(=O)N1CCCC(CC(CO)c2ccc(F)cc2)C1. The zero-order valence-electron chi connectivity index (χ0n) is 12.2. The first-order chi connectivity index (χ1) is 9.90. The Kier molecular flexibility index (Phi) is 5.35. The lowest BCUT2D eigenvalue weighted by Gasteiger charge is -2.32. The lowest BCUT2D eigenvalue weighted by atomic mass is 9.85. The summed E-state index contributed by atoms with van der Waals surface area (Å²) in [4.78, 5) is 0. The van der Waals surface area contributed by atoms with Crippen molar-refractivity contribution in [2.45, 2.75) is 25.2 Å². The molecule has 2 unspecified atom stereocenters. The Bertz CT molecular complexity index is 559. The van der Waals surface area contributed by atoms with Crippen LogP contribution in [0.25, 0.3) is 0 Å². The molecule has 6 heteroatoms. The summed E-state index contributed by atoms with van der Waals surface area (Å²) in [5.74, 6) is -0.137. The van der Waals surface area contributed by atoms with E-state index in [2.05, 4.69) is 0 Å². The predicted octanol–water partition coefficient (Wildman–Crippen LogP) is 1.96. The van der Waals surface area contributed by atoms with Gasteiger partial charge in [0.05, 0.1) is 6.26 Å². The lowest BCUT2D eigenvalue weighted by Crippen LogP contribution is -2.39. The molecule has 0 amide bonds. The van der Waals surface area contributed by atoms with Crippen LogP contribution in [0.15, 0.2) is 24.3 Å². The monoisotopic (exact) mass is 315 g/mol. The van der Waals surface area contributed by atoms with Crippen molar-refractivity contribution in [1.29, 1.82) is 0 Å². The van der Waals surface area contributed by atoms with Gasteiger partial charge >= 0.3 is 0 Å². The van der Waals surface area contributed by atoms with Gasteiger partial charge in [-0.25, -0.2) is 17.1 Å². The number of sulfonamides is 1. The number of hydrogen-bond acceptors (Lipinski definition) is 3. The van der Waals surface area contributed by atoms with Crippen molar-refractivity contribution in [3.8, 4) is 0 Å². The molecule has 2 rings (SSSR count). The fraction of sp³-hybridized carbons (Fsp3) is 0.600. The molecule has 1 fully saturated rings. The highest BCUT2D eigenvalue weighted by Crippen LogP contribution is 2.29. The molecular weight excluding hydrogens is 293 g/mol. The van der Waals surface area contributed by atoms with Crippen molar-refractivity contribution in [2.75, 3.05) is 26.0 Å². The third-order valence-corrected chi connectivity index (χ3v) is 5.40. The van der Waals surface area contributed by atoms with E-state index in [0.717, 1.165) is 18.4 Å². The molecule has 0 aliphatic carbocycles. The van der Waals surface area contributed by atoms with Crippen LogP contribution in [0.1, 0.15) is 30.7 Å². The van der Waals surface area contributed by atoms with Crippen LogP contribution >= 0.6 is 0 Å². The Balaban J connectivity index is 2.03. The van der Waals surface area contributed by atoms with Crippen molar-refractivity contribution in [3.63, 3.8) is 0 Å². The van der Waals surface area contributed by atoms with E-state index in [4.69, 9.17) is 0 Å². The van der Waals surface area contributed by atoms with E-state index in [0.29, 0.717) is 19.5 Å². The number of aliphatic hydroxyl groups is 1. The summed E-state index contributed by atoms with van der Waals surface area (Å²) in [6.07, 6.45) is 3.76. The number of hydrogen-bond donors (Lipinski definition) is 1. The first-order valence-electron chi connectivity index (χ1n) is 7.21. The largest absolute Gasteiger partial charge is 0.396 e. The highest BCUT2D eigenvalue weighted by Gasteiger charge is 2.27. The number of benzene rings is 1. The average molecular weight is 315 g/mol. The van der Waals surface area contributed by atoms with Gasteiger partial charge in [0.25, 0.3) is 0 Å². The zero-order chi connectivity index (χ0) is 15.5. The second-order valence-electron chi connectivity index (χ2n) is 5.80. The zero-order valence-corrected chi connectivity index (χ0v) is 13.0. The Morgan fingerprint density at radius 1 is 1.38 bits per heavy atom. The minimum Gasteiger partial charge on any atom is -0.396 e. The van der Waals surface area contributed by atoms with Gasteiger partial charge in [0.1, 0.15) is 5.82 Å². The normalized spacial score (nSPS) is 22.1. The number of nitrogens with zero attached hydrogens (tertiary/aromatic N) is 1. The number of aliphatic hydroxyl groups excluding tert-OH is 1. The molecular formula is C15H22FNO3S. The van der Waals surface area contributed by atoms with Gasteiger partial charge in [-0.05, 0) is 42.9 Å². The molecule has 1 aromatic rings. The van der Waals surface area contributed by atoms with Gasteiger partial charge in [-0.1, -0.05) is 12.1 Å². The van der Waals surface area contributed by atoms with Gasteiger partial charge < -0.3 is 5.11 Å². The lowest BCUT2D eigenvalue weighted by molar-refractivity contribution is 0.205. The fourth-order valence-corrected chi connectivity index (χ4v) is 3.92. The molecule has 1 aliphatic heterocycles. The minimum absolute atomic E-state index is 0.0129. The second-order valence-corrected chi connectivity index (χ2v) is 7.78. The summed E-state index contributed by atoms with van der Waals surface area (Å²) in [7, 11) is -3.15. The second kappa shape index (κ2) is 6.85. The molecule has 0 spiro atoms. The van der Waals surface area contributed by atoms with E-state index in [1.165, 1.54) is 22.7 Å². The molecule has 0 bridgehead atoms. The van der Waals surface area contributed by atoms with Crippen molar-refractivity contribution < 1.29 is 17.9 Å². The highest BCUT2D eigenvalue weighted by molar-refractivity contribution is 7.88. The maximum absolute atomic E-state index is 13.0. The van der Waals surface area contributed by atoms with Crippen molar-refractivity contribution in [1.82, 2.24) is 4.31 Å². The van der Waals surface area contributed by atoms with Gasteiger partial charge in [0.2, 0.25) is 10.0 Å². The molecule has 118 valence electrons. The van der Waals surface area contributed by atoms with Gasteiger partial charge in [0.15, 0.2) is 0 Å². The average Bonchev–Trinajstić information content (AvgIpc) is 2.45. The number of rotatable bonds is 5. The summed E-state index contributed by atoms with van der Waals surface area (Å²) >= 11 is 0. The van der Waals surface area contributed by atoms with Crippen LogP contribution in [0.3, 0.4) is 0 Å². The van der Waals surface area contributed by atoms with E-state index < -0.39 is 10.0 Å². The summed E-state index contributed by atoms with van der Waals surface area (Å²) < 4.78 is 37.7. The maximum atomic E-state index is 13.0. The maximum Gasteiger partial charge on any atom is 0.211 e. The molecule has 0 radical (unpaired) electrons. The molecule has 0 aromatic heterocycles. The van der Waals surface area contributed by atoms with Crippen LogP contribution in [-0.4, -0.2) is 43.8 Å². The summed E-state index contributed by atoms with van der Waals surface area (Å²) in [6, 6.07) is 6.16. The first-order valence-corrected chi connectivity index (χ1v) is 9.06. The van der Waals surface area contributed by atoms with Crippen LogP contribution < -0.4 is 0 Å². The summed E-state index contributed by atoms with van der Waals surface area (Å²) in [5.41, 5.74) is 0.898. The Morgan fingerprint density at radius 2 is 2.05 bits per heavy atom. The Morgan fingerprint density at radius 3 is 2.62 bits per heavy atom. The van der Waals surface area contributed by atoms with E-state index >= 15 is 0 Å². The molecule has 4 nitrogen and oxygen atoms in total. The van der Waals surface area contributed by atoms with Crippen LogP contribution in [-0.2, 0) is 10.0 Å². The molecule has 2 atom stereocenters. The van der Waals surface area contributed by atoms with Gasteiger partial charge in [-0.15, -0.1) is 0 Å². The Labute approximate surface area is 125 Å². The molecule has 1 aromatic carbocycles. The van der Waals surface area contributed by atoms with E-state index in [9.17, 15) is 17.9 Å². The summed E-state index contributed by atoms with van der Waals surface area (Å²) in [5, 5.41) is 9.58. The van der Waals surface area contributed by atoms with Crippen molar-refractivity contribution in [2.24, 2.45) is 5.92 Å². The third-order valence-electron chi connectivity index (χ3n) is 4.13.